The van der Waals surface area contributed by atoms with Crippen molar-refractivity contribution in [2.24, 2.45) is 0 Å². The molecule has 0 radical (unpaired) electrons. The molecule has 0 unspecified atom stereocenters. The van der Waals surface area contributed by atoms with Gasteiger partial charge in [0, 0.05) is 25.3 Å². The Morgan fingerprint density at radius 1 is 1.09 bits per heavy atom. The molecular weight excluding hydrogens is 419 g/mol. The Labute approximate surface area is 184 Å². The third-order valence-electron chi connectivity index (χ3n) is 6.05. The number of fused-ring (bicyclic) bond motifs is 1. The van der Waals surface area contributed by atoms with Gasteiger partial charge in [0.25, 0.3) is 0 Å². The van der Waals surface area contributed by atoms with E-state index >= 15 is 0 Å². The van der Waals surface area contributed by atoms with Crippen LogP contribution >= 0.6 is 0 Å². The fourth-order valence-electron chi connectivity index (χ4n) is 4.10. The van der Waals surface area contributed by atoms with Gasteiger partial charge in [0.2, 0.25) is 0 Å². The molecule has 3 aromatic rings. The van der Waals surface area contributed by atoms with Crippen molar-refractivity contribution in [1.29, 1.82) is 0 Å². The van der Waals surface area contributed by atoms with Crippen molar-refractivity contribution in [2.45, 2.75) is 69.7 Å². The number of ketones is 1. The van der Waals surface area contributed by atoms with Crippen molar-refractivity contribution >= 4 is 16.9 Å². The zero-order valence-electron chi connectivity index (χ0n) is 17.7. The second-order valence-corrected chi connectivity index (χ2v) is 8.40. The summed E-state index contributed by atoms with van der Waals surface area (Å²) in [6.45, 7) is 0. The molecule has 0 saturated heterocycles. The molecule has 32 heavy (non-hydrogen) atoms. The molecule has 1 N–H and O–H groups in total. The summed E-state index contributed by atoms with van der Waals surface area (Å²) in [5.41, 5.74) is 0.587. The molecule has 0 spiro atoms. The number of carbonyl (C=O) groups excluding carboxylic acids is 1. The molecule has 0 aliphatic heterocycles. The largest absolute Gasteiger partial charge is 0.433 e. The van der Waals surface area contributed by atoms with E-state index in [2.05, 4.69) is 9.97 Å². The lowest BCUT2D eigenvalue weighted by Gasteiger charge is -2.28. The normalized spacial score (nSPS) is 15.6. The van der Waals surface area contributed by atoms with Crippen LogP contribution in [0.15, 0.2) is 42.5 Å². The van der Waals surface area contributed by atoms with Gasteiger partial charge in [-0.25, -0.2) is 9.97 Å². The Balaban J connectivity index is 1.38. The number of carbonyl (C=O) groups is 1. The van der Waals surface area contributed by atoms with E-state index in [4.69, 9.17) is 0 Å². The average Bonchev–Trinajstić information content (AvgIpc) is 3.07. The predicted octanol–water partition coefficient (Wildman–Crippen LogP) is 5.58. The van der Waals surface area contributed by atoms with Crippen LogP contribution in [0.1, 0.15) is 74.2 Å². The van der Waals surface area contributed by atoms with E-state index in [0.29, 0.717) is 36.8 Å². The Morgan fingerprint density at radius 2 is 1.84 bits per heavy atom. The number of Topliss-reactive ketones (excluding diaryl/α,β-unsaturated/α-hetero) is 1. The molecule has 1 saturated carbocycles. The van der Waals surface area contributed by atoms with Crippen LogP contribution in [0.4, 0.5) is 13.2 Å². The molecular formula is C24H26F3N3O2. The standard InChI is InChI=1S/C24H26F3N3O2/c25-24(26,27)21-14-13-19-23(29-21)30(17-9-6-10-17)22(28-19)12-5-4-11-18(31)15-20(32)16-7-2-1-3-8-16/h1-3,7-8,13-14,17,20,32H,4-6,9-12,15H2/t20-/m0/s1. The van der Waals surface area contributed by atoms with E-state index in [1.54, 1.807) is 12.1 Å². The van der Waals surface area contributed by atoms with Crippen LogP contribution in [0.5, 0.6) is 0 Å². The molecule has 2 aromatic heterocycles. The van der Waals surface area contributed by atoms with Gasteiger partial charge in [-0.15, -0.1) is 0 Å². The lowest BCUT2D eigenvalue weighted by molar-refractivity contribution is -0.141. The van der Waals surface area contributed by atoms with E-state index in [-0.39, 0.29) is 18.2 Å². The first-order valence-electron chi connectivity index (χ1n) is 11.0. The van der Waals surface area contributed by atoms with Crippen molar-refractivity contribution in [3.63, 3.8) is 0 Å². The number of hydrogen-bond donors (Lipinski definition) is 1. The Morgan fingerprint density at radius 3 is 2.50 bits per heavy atom. The van der Waals surface area contributed by atoms with E-state index < -0.39 is 18.0 Å². The van der Waals surface area contributed by atoms with E-state index in [0.717, 1.165) is 36.7 Å². The second-order valence-electron chi connectivity index (χ2n) is 8.40. The van der Waals surface area contributed by atoms with Gasteiger partial charge in [0.1, 0.15) is 22.8 Å². The minimum atomic E-state index is -4.49. The predicted molar refractivity (Wildman–Crippen MR) is 114 cm³/mol. The van der Waals surface area contributed by atoms with Gasteiger partial charge >= 0.3 is 6.18 Å². The number of aliphatic hydroxyl groups is 1. The van der Waals surface area contributed by atoms with Crippen LogP contribution in [0.25, 0.3) is 11.2 Å². The van der Waals surface area contributed by atoms with Gasteiger partial charge in [0.05, 0.1) is 6.10 Å². The number of alkyl halides is 3. The van der Waals surface area contributed by atoms with Gasteiger partial charge in [-0.2, -0.15) is 13.2 Å². The quantitative estimate of drug-likeness (QED) is 0.437. The van der Waals surface area contributed by atoms with Gasteiger partial charge in [-0.05, 0) is 49.8 Å². The number of aliphatic hydroxyl groups excluding tert-OH is 1. The molecule has 170 valence electrons. The maximum absolute atomic E-state index is 13.1. The summed E-state index contributed by atoms with van der Waals surface area (Å²) < 4.78 is 41.3. The molecule has 8 heteroatoms. The Hall–Kier alpha value is -2.74. The molecule has 1 aliphatic rings. The highest BCUT2D eigenvalue weighted by molar-refractivity contribution is 5.79. The summed E-state index contributed by atoms with van der Waals surface area (Å²) in [5.74, 6) is 0.721. The molecule has 1 atom stereocenters. The maximum atomic E-state index is 13.1. The molecule has 1 fully saturated rings. The first-order valence-corrected chi connectivity index (χ1v) is 11.0. The summed E-state index contributed by atoms with van der Waals surface area (Å²) in [5, 5.41) is 10.2. The number of unbranched alkanes of at least 4 members (excludes halogenated alkanes) is 1. The molecule has 1 aromatic carbocycles. The second kappa shape index (κ2) is 9.40. The molecule has 0 bridgehead atoms. The van der Waals surface area contributed by atoms with Crippen LogP contribution in [0.3, 0.4) is 0 Å². The molecule has 4 rings (SSSR count). The van der Waals surface area contributed by atoms with Gasteiger partial charge in [-0.3, -0.25) is 4.79 Å². The number of hydrogen-bond acceptors (Lipinski definition) is 4. The fraction of sp³-hybridized carbons (Fsp3) is 0.458. The summed E-state index contributed by atoms with van der Waals surface area (Å²) in [4.78, 5) is 20.7. The van der Waals surface area contributed by atoms with Crippen LogP contribution in [-0.4, -0.2) is 25.4 Å². The Bertz CT molecular complexity index is 1080. The van der Waals surface area contributed by atoms with Crippen molar-refractivity contribution < 1.29 is 23.1 Å². The van der Waals surface area contributed by atoms with E-state index in [9.17, 15) is 23.1 Å². The number of benzene rings is 1. The SMILES string of the molecule is O=C(CCCCc1nc2ccc(C(F)(F)F)nc2n1C1CCC1)C[C@H](O)c1ccccc1. The highest BCUT2D eigenvalue weighted by Gasteiger charge is 2.34. The first kappa shape index (κ1) is 22.5. The fourth-order valence-corrected chi connectivity index (χ4v) is 4.10. The minimum Gasteiger partial charge on any atom is -0.388 e. The number of rotatable bonds is 9. The third kappa shape index (κ3) is 5.01. The summed E-state index contributed by atoms with van der Waals surface area (Å²) in [6, 6.07) is 11.6. The highest BCUT2D eigenvalue weighted by Crippen LogP contribution is 2.36. The maximum Gasteiger partial charge on any atom is 0.433 e. The average molecular weight is 445 g/mol. The lowest BCUT2D eigenvalue weighted by atomic mass is 9.92. The van der Waals surface area contributed by atoms with Gasteiger partial charge in [-0.1, -0.05) is 30.3 Å². The number of nitrogens with zero attached hydrogens (tertiary/aromatic N) is 3. The van der Waals surface area contributed by atoms with Crippen LogP contribution < -0.4 is 0 Å². The number of imidazole rings is 1. The molecule has 5 nitrogen and oxygen atoms in total. The number of aromatic nitrogens is 3. The summed E-state index contributed by atoms with van der Waals surface area (Å²) in [6.07, 6.45) is -0.111. The van der Waals surface area contributed by atoms with Crippen molar-refractivity contribution in [2.75, 3.05) is 0 Å². The van der Waals surface area contributed by atoms with Crippen molar-refractivity contribution in [3.05, 3.63) is 59.5 Å². The number of pyridine rings is 1. The third-order valence-corrected chi connectivity index (χ3v) is 6.05. The molecule has 2 heterocycles. The first-order chi connectivity index (χ1) is 15.3. The monoisotopic (exact) mass is 445 g/mol. The highest BCUT2D eigenvalue weighted by atomic mass is 19.4. The zero-order chi connectivity index (χ0) is 22.7. The van der Waals surface area contributed by atoms with Crippen molar-refractivity contribution in [1.82, 2.24) is 14.5 Å². The van der Waals surface area contributed by atoms with Gasteiger partial charge < -0.3 is 9.67 Å². The van der Waals surface area contributed by atoms with E-state index in [1.807, 2.05) is 22.8 Å². The zero-order valence-corrected chi connectivity index (χ0v) is 17.7. The number of aryl methyl sites for hydroxylation is 1. The topological polar surface area (TPSA) is 68.0 Å². The van der Waals surface area contributed by atoms with Crippen molar-refractivity contribution in [3.8, 4) is 0 Å². The van der Waals surface area contributed by atoms with E-state index in [1.165, 1.54) is 6.07 Å². The molecule has 0 amide bonds. The van der Waals surface area contributed by atoms with Crippen LogP contribution in [-0.2, 0) is 17.4 Å². The minimum absolute atomic E-state index is 0.00895. The smallest absolute Gasteiger partial charge is 0.388 e. The Kier molecular flexibility index (Phi) is 6.60. The summed E-state index contributed by atoms with van der Waals surface area (Å²) in [7, 11) is 0. The number of halogens is 3. The van der Waals surface area contributed by atoms with Gasteiger partial charge in [0.15, 0.2) is 5.65 Å². The van der Waals surface area contributed by atoms with Crippen LogP contribution in [0, 0.1) is 0 Å². The van der Waals surface area contributed by atoms with Crippen LogP contribution in [0.2, 0.25) is 0 Å². The summed E-state index contributed by atoms with van der Waals surface area (Å²) >= 11 is 0. The molecule has 1 aliphatic carbocycles. The lowest BCUT2D eigenvalue weighted by Crippen LogP contribution is -2.20.